The van der Waals surface area contributed by atoms with Crippen LogP contribution < -0.4 is 9.62 Å². The van der Waals surface area contributed by atoms with Gasteiger partial charge in [-0.15, -0.1) is 0 Å². The van der Waals surface area contributed by atoms with Crippen LogP contribution >= 0.6 is 15.9 Å². The third-order valence-corrected chi connectivity index (χ3v) is 5.97. The Morgan fingerprint density at radius 3 is 2.54 bits per heavy atom. The van der Waals surface area contributed by atoms with Crippen LogP contribution in [0.1, 0.15) is 19.4 Å². The molecule has 0 bridgehead atoms. The lowest BCUT2D eigenvalue weighted by atomic mass is 10.1. The molecule has 5 nitrogen and oxygen atoms in total. The first-order valence-electron chi connectivity index (χ1n) is 7.70. The lowest BCUT2D eigenvalue weighted by molar-refractivity contribution is -0.116. The van der Waals surface area contributed by atoms with Crippen LogP contribution in [-0.4, -0.2) is 20.4 Å². The third-order valence-electron chi connectivity index (χ3n) is 4.12. The molecule has 0 aliphatic carbocycles. The van der Waals surface area contributed by atoms with Gasteiger partial charge in [0.1, 0.15) is 4.90 Å². The number of benzene rings is 2. The Balaban J connectivity index is 2.11. The molecule has 9 heteroatoms. The fourth-order valence-electron chi connectivity index (χ4n) is 3.13. The van der Waals surface area contributed by atoms with Gasteiger partial charge in [0.05, 0.1) is 11.4 Å². The van der Waals surface area contributed by atoms with Crippen LogP contribution in [0.5, 0.6) is 0 Å². The number of hydrogen-bond acceptors (Lipinski definition) is 3. The van der Waals surface area contributed by atoms with Gasteiger partial charge < -0.3 is 4.90 Å². The summed E-state index contributed by atoms with van der Waals surface area (Å²) < 4.78 is 55.0. The van der Waals surface area contributed by atoms with Gasteiger partial charge in [0, 0.05) is 23.5 Å². The van der Waals surface area contributed by atoms with E-state index in [-0.39, 0.29) is 22.5 Å². The Morgan fingerprint density at radius 2 is 1.92 bits per heavy atom. The zero-order valence-corrected chi connectivity index (χ0v) is 16.3. The number of sulfonamides is 1. The van der Waals surface area contributed by atoms with Crippen LogP contribution in [0.3, 0.4) is 0 Å². The van der Waals surface area contributed by atoms with Gasteiger partial charge in [0.2, 0.25) is 5.91 Å². The second kappa shape index (κ2) is 6.62. The normalized spacial score (nSPS) is 16.5. The second-order valence-corrected chi connectivity index (χ2v) is 8.65. The summed E-state index contributed by atoms with van der Waals surface area (Å²) in [5, 5.41) is 0. The van der Waals surface area contributed by atoms with Crippen LogP contribution in [0.15, 0.2) is 39.7 Å². The van der Waals surface area contributed by atoms with Crippen LogP contribution in [0, 0.1) is 11.6 Å². The van der Waals surface area contributed by atoms with E-state index < -0.39 is 21.7 Å². The predicted octanol–water partition coefficient (Wildman–Crippen LogP) is 3.83. The lowest BCUT2D eigenvalue weighted by Gasteiger charge is -2.23. The number of anilines is 2. The van der Waals surface area contributed by atoms with Crippen molar-refractivity contribution in [1.82, 2.24) is 0 Å². The van der Waals surface area contributed by atoms with Crippen molar-refractivity contribution >= 4 is 43.2 Å². The summed E-state index contributed by atoms with van der Waals surface area (Å²) in [5.74, 6) is -2.51. The molecule has 1 unspecified atom stereocenters. The molecule has 0 aromatic heterocycles. The molecule has 0 fully saturated rings. The van der Waals surface area contributed by atoms with Crippen LogP contribution in [-0.2, 0) is 21.2 Å². The molecule has 0 saturated heterocycles. The number of nitrogens with one attached hydrogen (secondary N) is 1. The molecule has 1 heterocycles. The molecule has 1 amide bonds. The van der Waals surface area contributed by atoms with E-state index in [1.54, 1.807) is 6.07 Å². The van der Waals surface area contributed by atoms with Crippen molar-refractivity contribution in [2.24, 2.45) is 0 Å². The van der Waals surface area contributed by atoms with Gasteiger partial charge >= 0.3 is 0 Å². The number of carbonyl (C=O) groups is 1. The van der Waals surface area contributed by atoms with E-state index in [4.69, 9.17) is 0 Å². The van der Waals surface area contributed by atoms with Crippen molar-refractivity contribution in [3.8, 4) is 0 Å². The van der Waals surface area contributed by atoms with Gasteiger partial charge in [-0.05, 0) is 43.2 Å². The average molecular weight is 445 g/mol. The summed E-state index contributed by atoms with van der Waals surface area (Å²) in [5.41, 5.74) is 0.911. The van der Waals surface area contributed by atoms with Gasteiger partial charge in [-0.25, -0.2) is 17.2 Å². The van der Waals surface area contributed by atoms with E-state index in [0.29, 0.717) is 22.1 Å². The topological polar surface area (TPSA) is 66.5 Å². The van der Waals surface area contributed by atoms with Gasteiger partial charge in [0.15, 0.2) is 11.6 Å². The highest BCUT2D eigenvalue weighted by molar-refractivity contribution is 9.10. The average Bonchev–Trinajstić information content (AvgIpc) is 2.85. The maximum Gasteiger partial charge on any atom is 0.264 e. The number of carbonyl (C=O) groups excluding carboxylic acids is 1. The number of hydrogen-bond donors (Lipinski definition) is 1. The molecule has 26 heavy (non-hydrogen) atoms. The van der Waals surface area contributed by atoms with Crippen molar-refractivity contribution in [2.45, 2.75) is 31.2 Å². The highest BCUT2D eigenvalue weighted by Gasteiger charge is 2.35. The number of halogens is 3. The molecule has 2 aromatic rings. The number of fused-ring (bicyclic) bond motifs is 1. The SMILES string of the molecule is CC(=O)N1c2c(cc(Br)cc2S(=O)(=O)Nc2ccc(F)c(F)c2)CC1C. The predicted molar refractivity (Wildman–Crippen MR) is 97.6 cm³/mol. The number of rotatable bonds is 3. The molecule has 3 rings (SSSR count). The van der Waals surface area contributed by atoms with E-state index >= 15 is 0 Å². The quantitative estimate of drug-likeness (QED) is 0.781. The zero-order chi connectivity index (χ0) is 19.2. The zero-order valence-electron chi connectivity index (χ0n) is 13.9. The first kappa shape index (κ1) is 18.8. The second-order valence-electron chi connectivity index (χ2n) is 6.09. The minimum Gasteiger partial charge on any atom is -0.308 e. The molecule has 2 aromatic carbocycles. The Bertz CT molecular complexity index is 1010. The molecule has 0 spiro atoms. The Kier molecular flexibility index (Phi) is 4.78. The minimum atomic E-state index is -4.14. The van der Waals surface area contributed by atoms with Crippen LogP contribution in [0.25, 0.3) is 0 Å². The Hall–Kier alpha value is -2.00. The highest BCUT2D eigenvalue weighted by atomic mass is 79.9. The van der Waals surface area contributed by atoms with Crippen molar-refractivity contribution in [1.29, 1.82) is 0 Å². The van der Waals surface area contributed by atoms with E-state index in [9.17, 15) is 22.0 Å². The smallest absolute Gasteiger partial charge is 0.264 e. The molecule has 138 valence electrons. The molecule has 0 saturated carbocycles. The maximum absolute atomic E-state index is 13.4. The summed E-state index contributed by atoms with van der Waals surface area (Å²) in [6, 6.07) is 5.69. The monoisotopic (exact) mass is 444 g/mol. The van der Waals surface area contributed by atoms with Gasteiger partial charge in [-0.2, -0.15) is 0 Å². The molecule has 1 aliphatic rings. The molecular weight excluding hydrogens is 430 g/mol. The van der Waals surface area contributed by atoms with E-state index in [1.807, 2.05) is 6.92 Å². The van der Waals surface area contributed by atoms with Crippen molar-refractivity contribution in [3.63, 3.8) is 0 Å². The van der Waals surface area contributed by atoms with Crippen molar-refractivity contribution in [2.75, 3.05) is 9.62 Å². The third kappa shape index (κ3) is 3.33. The number of amides is 1. The minimum absolute atomic E-state index is 0.105. The molecule has 1 atom stereocenters. The molecule has 0 radical (unpaired) electrons. The van der Waals surface area contributed by atoms with Crippen LogP contribution in [0.4, 0.5) is 20.2 Å². The van der Waals surface area contributed by atoms with Crippen molar-refractivity contribution < 1.29 is 22.0 Å². The maximum atomic E-state index is 13.4. The van der Waals surface area contributed by atoms with Crippen LogP contribution in [0.2, 0.25) is 0 Å². The standard InChI is InChI=1S/C17H15BrF2N2O3S/c1-9-5-11-6-12(18)7-16(17(11)22(9)10(2)23)26(24,25)21-13-3-4-14(19)15(20)8-13/h3-4,6-9,21H,5H2,1-2H3. The van der Waals surface area contributed by atoms with E-state index in [2.05, 4.69) is 20.7 Å². The summed E-state index contributed by atoms with van der Waals surface area (Å²) in [7, 11) is -4.14. The fraction of sp³-hybridized carbons (Fsp3) is 0.235. The van der Waals surface area contributed by atoms with E-state index in [1.165, 1.54) is 17.9 Å². The fourth-order valence-corrected chi connectivity index (χ4v) is 5.10. The first-order chi connectivity index (χ1) is 12.1. The molecule has 1 N–H and O–H groups in total. The van der Waals surface area contributed by atoms with Gasteiger partial charge in [-0.3, -0.25) is 9.52 Å². The Labute approximate surface area is 158 Å². The van der Waals surface area contributed by atoms with Gasteiger partial charge in [-0.1, -0.05) is 15.9 Å². The summed E-state index contributed by atoms with van der Waals surface area (Å²) in [6.45, 7) is 3.20. The first-order valence-corrected chi connectivity index (χ1v) is 9.98. The Morgan fingerprint density at radius 1 is 1.23 bits per heavy atom. The number of nitrogens with zero attached hydrogens (tertiary/aromatic N) is 1. The summed E-state index contributed by atoms with van der Waals surface area (Å²) in [4.78, 5) is 13.4. The highest BCUT2D eigenvalue weighted by Crippen LogP contribution is 2.40. The van der Waals surface area contributed by atoms with E-state index in [0.717, 1.165) is 18.2 Å². The molecule has 1 aliphatic heterocycles. The molecular formula is C17H15BrF2N2O3S. The largest absolute Gasteiger partial charge is 0.308 e. The van der Waals surface area contributed by atoms with Crippen molar-refractivity contribution in [3.05, 3.63) is 52.0 Å². The van der Waals surface area contributed by atoms with Gasteiger partial charge in [0.25, 0.3) is 10.0 Å². The summed E-state index contributed by atoms with van der Waals surface area (Å²) >= 11 is 3.29. The summed E-state index contributed by atoms with van der Waals surface area (Å²) in [6.07, 6.45) is 0.516. The lowest BCUT2D eigenvalue weighted by Crippen LogP contribution is -2.34.